The number of imidazole rings is 1. The van der Waals surface area contributed by atoms with E-state index in [4.69, 9.17) is 0 Å². The van der Waals surface area contributed by atoms with Crippen LogP contribution >= 0.6 is 0 Å². The summed E-state index contributed by atoms with van der Waals surface area (Å²) in [6.45, 7) is 2.19. The second-order valence-corrected chi connectivity index (χ2v) is 6.86. The van der Waals surface area contributed by atoms with Crippen LogP contribution in [0.1, 0.15) is 36.0 Å². The van der Waals surface area contributed by atoms with Gasteiger partial charge in [-0.15, -0.1) is 0 Å². The van der Waals surface area contributed by atoms with Crippen LogP contribution in [0.5, 0.6) is 0 Å². The van der Waals surface area contributed by atoms with Crippen LogP contribution in [0.2, 0.25) is 0 Å². The molecule has 4 rings (SSSR count). The maximum absolute atomic E-state index is 13.0. The smallest absolute Gasteiger partial charge is 0.256 e. The first-order valence-corrected chi connectivity index (χ1v) is 8.96. The molecule has 0 aliphatic carbocycles. The van der Waals surface area contributed by atoms with Gasteiger partial charge >= 0.3 is 0 Å². The molecule has 2 saturated heterocycles. The molecule has 2 fully saturated rings. The standard InChI is InChI=1S/C18H23N5O2/c24-17(15-6-1-7-20-15)21-13-4-2-8-22(11-13)18(25)14-5-3-9-23-12-19-10-16(14)23/h3,5,9-10,12-13,15,20H,1-2,4,6-8,11H2,(H,21,24)/t13-,15?/m0/s1. The maximum atomic E-state index is 13.0. The first-order chi connectivity index (χ1) is 12.2. The molecule has 0 radical (unpaired) electrons. The molecule has 0 spiro atoms. The highest BCUT2D eigenvalue weighted by molar-refractivity contribution is 6.00. The number of hydrogen-bond acceptors (Lipinski definition) is 4. The van der Waals surface area contributed by atoms with Gasteiger partial charge in [0, 0.05) is 25.3 Å². The monoisotopic (exact) mass is 341 g/mol. The number of carbonyl (C=O) groups excluding carboxylic acids is 2. The van der Waals surface area contributed by atoms with Gasteiger partial charge in [0.05, 0.1) is 29.6 Å². The topological polar surface area (TPSA) is 78.7 Å². The molecule has 132 valence electrons. The molecule has 2 N–H and O–H groups in total. The zero-order chi connectivity index (χ0) is 17.2. The van der Waals surface area contributed by atoms with E-state index < -0.39 is 0 Å². The van der Waals surface area contributed by atoms with Crippen LogP contribution in [0.4, 0.5) is 0 Å². The fourth-order valence-electron chi connectivity index (χ4n) is 3.79. The minimum absolute atomic E-state index is 0.00374. The summed E-state index contributed by atoms with van der Waals surface area (Å²) in [5, 5.41) is 6.34. The molecule has 2 aliphatic heterocycles. The first kappa shape index (κ1) is 16.1. The summed E-state index contributed by atoms with van der Waals surface area (Å²) in [6, 6.07) is 3.64. The fourth-order valence-corrected chi connectivity index (χ4v) is 3.79. The summed E-state index contributed by atoms with van der Waals surface area (Å²) < 4.78 is 1.85. The van der Waals surface area contributed by atoms with Crippen molar-refractivity contribution in [3.05, 3.63) is 36.4 Å². The van der Waals surface area contributed by atoms with Crippen LogP contribution in [0, 0.1) is 0 Å². The quantitative estimate of drug-likeness (QED) is 0.866. The van der Waals surface area contributed by atoms with Gasteiger partial charge in [0.25, 0.3) is 5.91 Å². The van der Waals surface area contributed by atoms with E-state index in [0.717, 1.165) is 44.3 Å². The molecule has 25 heavy (non-hydrogen) atoms. The third-order valence-corrected chi connectivity index (χ3v) is 5.11. The van der Waals surface area contributed by atoms with E-state index in [-0.39, 0.29) is 23.9 Å². The molecule has 2 amide bonds. The van der Waals surface area contributed by atoms with Gasteiger partial charge in [-0.25, -0.2) is 4.98 Å². The van der Waals surface area contributed by atoms with Gasteiger partial charge in [-0.05, 0) is 44.4 Å². The molecule has 2 aliphatic rings. The molecular formula is C18H23N5O2. The van der Waals surface area contributed by atoms with E-state index in [1.165, 1.54) is 0 Å². The van der Waals surface area contributed by atoms with Crippen LogP contribution in [-0.4, -0.2) is 57.8 Å². The highest BCUT2D eigenvalue weighted by atomic mass is 16.2. The largest absolute Gasteiger partial charge is 0.350 e. The number of nitrogens with zero attached hydrogens (tertiary/aromatic N) is 3. The molecule has 2 aromatic heterocycles. The third-order valence-electron chi connectivity index (χ3n) is 5.11. The van der Waals surface area contributed by atoms with E-state index >= 15 is 0 Å². The van der Waals surface area contributed by atoms with Crippen LogP contribution in [-0.2, 0) is 4.79 Å². The van der Waals surface area contributed by atoms with Crippen molar-refractivity contribution >= 4 is 17.3 Å². The van der Waals surface area contributed by atoms with E-state index in [0.29, 0.717) is 12.1 Å². The first-order valence-electron chi connectivity index (χ1n) is 8.96. The summed E-state index contributed by atoms with van der Waals surface area (Å²) in [6.07, 6.45) is 9.04. The third kappa shape index (κ3) is 3.24. The summed E-state index contributed by atoms with van der Waals surface area (Å²) in [5.74, 6) is 0.0683. The Morgan fingerprint density at radius 2 is 2.20 bits per heavy atom. The molecule has 0 bridgehead atoms. The molecule has 1 unspecified atom stereocenters. The lowest BCUT2D eigenvalue weighted by Crippen LogP contribution is -2.52. The predicted octanol–water partition coefficient (Wildman–Crippen LogP) is 0.807. The number of carbonyl (C=O) groups is 2. The second-order valence-electron chi connectivity index (χ2n) is 6.86. The lowest BCUT2D eigenvalue weighted by Gasteiger charge is -2.33. The summed E-state index contributed by atoms with van der Waals surface area (Å²) >= 11 is 0. The molecule has 7 nitrogen and oxygen atoms in total. The van der Waals surface area contributed by atoms with Crippen molar-refractivity contribution in [1.82, 2.24) is 24.9 Å². The Balaban J connectivity index is 1.44. The minimum Gasteiger partial charge on any atom is -0.350 e. The zero-order valence-corrected chi connectivity index (χ0v) is 14.1. The summed E-state index contributed by atoms with van der Waals surface area (Å²) in [7, 11) is 0. The highest BCUT2D eigenvalue weighted by Crippen LogP contribution is 2.18. The van der Waals surface area contributed by atoms with E-state index in [1.54, 1.807) is 12.5 Å². The SMILES string of the molecule is O=C(N[C@H]1CCCN(C(=O)c2cccn3cncc23)C1)C1CCCN1. The summed E-state index contributed by atoms with van der Waals surface area (Å²) in [4.78, 5) is 31.2. The van der Waals surface area contributed by atoms with Gasteiger partial charge in [0.15, 0.2) is 0 Å². The summed E-state index contributed by atoms with van der Waals surface area (Å²) in [5.41, 5.74) is 1.47. The van der Waals surface area contributed by atoms with Crippen molar-refractivity contribution in [2.24, 2.45) is 0 Å². The van der Waals surface area contributed by atoms with Crippen molar-refractivity contribution < 1.29 is 9.59 Å². The number of nitrogens with one attached hydrogen (secondary N) is 2. The van der Waals surface area contributed by atoms with Gasteiger partial charge in [-0.2, -0.15) is 0 Å². The normalized spacial score (nSPS) is 23.8. The van der Waals surface area contributed by atoms with Crippen LogP contribution in [0.3, 0.4) is 0 Å². The number of likely N-dealkylation sites (tertiary alicyclic amines) is 1. The van der Waals surface area contributed by atoms with Crippen LogP contribution in [0.25, 0.3) is 5.52 Å². The Morgan fingerprint density at radius 3 is 3.04 bits per heavy atom. The number of aromatic nitrogens is 2. The number of hydrogen-bond donors (Lipinski definition) is 2. The molecule has 4 heterocycles. The molecule has 2 atom stereocenters. The Kier molecular flexibility index (Phi) is 4.40. The Labute approximate surface area is 146 Å². The number of fused-ring (bicyclic) bond motifs is 1. The van der Waals surface area contributed by atoms with E-state index in [1.807, 2.05) is 27.6 Å². The highest BCUT2D eigenvalue weighted by Gasteiger charge is 2.29. The van der Waals surface area contributed by atoms with E-state index in [9.17, 15) is 9.59 Å². The average molecular weight is 341 g/mol. The van der Waals surface area contributed by atoms with E-state index in [2.05, 4.69) is 15.6 Å². The Morgan fingerprint density at radius 1 is 1.28 bits per heavy atom. The Hall–Kier alpha value is -2.41. The van der Waals surface area contributed by atoms with Gasteiger partial charge in [0.2, 0.25) is 5.91 Å². The number of pyridine rings is 1. The molecule has 0 aromatic carbocycles. The van der Waals surface area contributed by atoms with Crippen LogP contribution < -0.4 is 10.6 Å². The number of amides is 2. The number of piperidine rings is 1. The lowest BCUT2D eigenvalue weighted by molar-refractivity contribution is -0.123. The van der Waals surface area contributed by atoms with Gasteiger partial charge in [-0.3, -0.25) is 9.59 Å². The Bertz CT molecular complexity index is 781. The van der Waals surface area contributed by atoms with Crippen molar-refractivity contribution in [2.45, 2.75) is 37.8 Å². The minimum atomic E-state index is -0.0772. The maximum Gasteiger partial charge on any atom is 0.256 e. The lowest BCUT2D eigenvalue weighted by atomic mass is 10.0. The van der Waals surface area contributed by atoms with Crippen molar-refractivity contribution in [2.75, 3.05) is 19.6 Å². The molecule has 2 aromatic rings. The molecule has 0 saturated carbocycles. The second kappa shape index (κ2) is 6.84. The average Bonchev–Trinajstić information content (AvgIpc) is 3.32. The van der Waals surface area contributed by atoms with Gasteiger partial charge < -0.3 is 19.9 Å². The zero-order valence-electron chi connectivity index (χ0n) is 14.1. The van der Waals surface area contributed by atoms with Crippen molar-refractivity contribution in [3.63, 3.8) is 0 Å². The predicted molar refractivity (Wildman–Crippen MR) is 93.3 cm³/mol. The fraction of sp³-hybridized carbons (Fsp3) is 0.500. The van der Waals surface area contributed by atoms with Gasteiger partial charge in [-0.1, -0.05) is 0 Å². The van der Waals surface area contributed by atoms with Gasteiger partial charge in [0.1, 0.15) is 0 Å². The molecule has 7 heteroatoms. The molecular weight excluding hydrogens is 318 g/mol. The van der Waals surface area contributed by atoms with Crippen LogP contribution in [0.15, 0.2) is 30.9 Å². The van der Waals surface area contributed by atoms with Crippen molar-refractivity contribution in [1.29, 1.82) is 0 Å². The number of rotatable bonds is 3. The van der Waals surface area contributed by atoms with Crippen molar-refractivity contribution in [3.8, 4) is 0 Å².